The van der Waals surface area contributed by atoms with Crippen molar-refractivity contribution in [1.82, 2.24) is 0 Å². The molecule has 0 fully saturated rings. The number of hydrogen-bond acceptors (Lipinski definition) is 0. The average molecular weight is 290 g/mol. The highest BCUT2D eigenvalue weighted by Gasteiger charge is 2.40. The molecule has 0 unspecified atom stereocenters. The highest BCUT2D eigenvalue weighted by atomic mass is 31.1. The summed E-state index contributed by atoms with van der Waals surface area (Å²) in [6, 6.07) is 27.3. The van der Waals surface area contributed by atoms with Gasteiger partial charge in [0.15, 0.2) is 0 Å². The largest absolute Gasteiger partial charge is 0.0616 e. The molecule has 2 bridgehead atoms. The van der Waals surface area contributed by atoms with Crippen molar-refractivity contribution in [3.05, 3.63) is 72.8 Å². The van der Waals surface area contributed by atoms with Crippen molar-refractivity contribution >= 4 is 47.7 Å². The van der Waals surface area contributed by atoms with E-state index >= 15 is 0 Å². The molecule has 0 saturated carbocycles. The van der Waals surface area contributed by atoms with E-state index in [1.807, 2.05) is 0 Å². The summed E-state index contributed by atoms with van der Waals surface area (Å²) in [5, 5.41) is 9.53. The lowest BCUT2D eigenvalue weighted by Gasteiger charge is -2.41. The fourth-order valence-corrected chi connectivity index (χ4v) is 9.90. The molecule has 3 aromatic rings. The summed E-state index contributed by atoms with van der Waals surface area (Å²) in [5.41, 5.74) is 0. The summed E-state index contributed by atoms with van der Waals surface area (Å²) in [7, 11) is -0.670. The van der Waals surface area contributed by atoms with Gasteiger partial charge in [-0.25, -0.2) is 0 Å². The average Bonchev–Trinajstić information content (AvgIpc) is 2.54. The summed E-state index contributed by atoms with van der Waals surface area (Å²) in [5.74, 6) is 0. The zero-order valence-electron chi connectivity index (χ0n) is 10.8. The second-order valence-corrected chi connectivity index (χ2v) is 9.37. The van der Waals surface area contributed by atoms with E-state index in [9.17, 15) is 0 Å². The van der Waals surface area contributed by atoms with Gasteiger partial charge in [0.2, 0.25) is 0 Å². The Morgan fingerprint density at radius 2 is 0.550 bits per heavy atom. The third-order valence-electron chi connectivity index (χ3n) is 4.09. The predicted molar refractivity (Wildman–Crippen MR) is 91.0 cm³/mol. The van der Waals surface area contributed by atoms with E-state index in [1.165, 1.54) is 0 Å². The molecule has 0 nitrogen and oxygen atoms in total. The van der Waals surface area contributed by atoms with Crippen LogP contribution >= 0.6 is 15.8 Å². The molecule has 3 aliphatic heterocycles. The second kappa shape index (κ2) is 4.01. The van der Waals surface area contributed by atoms with Gasteiger partial charge in [0.25, 0.3) is 0 Å². The zero-order chi connectivity index (χ0) is 13.1. The fraction of sp³-hybridized carbons (Fsp3) is 0. The quantitative estimate of drug-likeness (QED) is 0.382. The number of hydrogen-bond donors (Lipinski definition) is 0. The Kier molecular flexibility index (Phi) is 2.25. The molecule has 0 spiro atoms. The van der Waals surface area contributed by atoms with E-state index in [1.54, 1.807) is 31.8 Å². The first-order valence-electron chi connectivity index (χ1n) is 6.82. The standard InChI is InChI=1S/C18H12P2/c1-2-8-14-13(7-1)19-15-9-3-5-11-17(15)20(14)18-12-6-4-10-16(18)19/h1-12H. The SMILES string of the molecule is c1ccc2c(c1)P1c3ccccc3P2c2ccccc21. The van der Waals surface area contributed by atoms with Crippen LogP contribution in [0.5, 0.6) is 0 Å². The van der Waals surface area contributed by atoms with Crippen molar-refractivity contribution in [2.24, 2.45) is 0 Å². The topological polar surface area (TPSA) is 0 Å². The first-order valence-corrected chi connectivity index (χ1v) is 9.51. The van der Waals surface area contributed by atoms with E-state index in [-0.39, 0.29) is 15.8 Å². The summed E-state index contributed by atoms with van der Waals surface area (Å²) in [6.45, 7) is 0. The van der Waals surface area contributed by atoms with Crippen LogP contribution in [0.15, 0.2) is 72.8 Å². The van der Waals surface area contributed by atoms with Crippen molar-refractivity contribution in [2.75, 3.05) is 0 Å². The van der Waals surface area contributed by atoms with Crippen molar-refractivity contribution in [2.45, 2.75) is 0 Å². The molecule has 94 valence electrons. The lowest BCUT2D eigenvalue weighted by atomic mass is 10.3. The molecule has 3 aromatic carbocycles. The second-order valence-electron chi connectivity index (χ2n) is 5.14. The van der Waals surface area contributed by atoms with Crippen molar-refractivity contribution in [3.63, 3.8) is 0 Å². The molecule has 3 aliphatic rings. The monoisotopic (exact) mass is 290 g/mol. The fourth-order valence-electron chi connectivity index (χ4n) is 3.31. The molecule has 0 aromatic heterocycles. The van der Waals surface area contributed by atoms with Crippen LogP contribution in [0.3, 0.4) is 0 Å². The van der Waals surface area contributed by atoms with Crippen LogP contribution in [-0.2, 0) is 0 Å². The lowest BCUT2D eigenvalue weighted by Crippen LogP contribution is -2.53. The van der Waals surface area contributed by atoms with E-state index in [2.05, 4.69) is 72.8 Å². The van der Waals surface area contributed by atoms with E-state index in [0.717, 1.165) is 0 Å². The van der Waals surface area contributed by atoms with Crippen molar-refractivity contribution < 1.29 is 0 Å². The maximum absolute atomic E-state index is 2.35. The van der Waals surface area contributed by atoms with Crippen molar-refractivity contribution in [1.29, 1.82) is 0 Å². The first kappa shape index (κ1) is 11.2. The minimum absolute atomic E-state index is 0.335. The van der Waals surface area contributed by atoms with Crippen molar-refractivity contribution in [3.8, 4) is 0 Å². The Balaban J connectivity index is 1.93. The number of benzene rings is 3. The Morgan fingerprint density at radius 3 is 0.750 bits per heavy atom. The normalized spacial score (nSPS) is 21.0. The zero-order valence-corrected chi connectivity index (χ0v) is 12.6. The molecular weight excluding hydrogens is 278 g/mol. The molecule has 0 N–H and O–H groups in total. The summed E-state index contributed by atoms with van der Waals surface area (Å²) in [4.78, 5) is 0. The first-order chi connectivity index (χ1) is 9.95. The molecule has 0 atom stereocenters. The van der Waals surface area contributed by atoms with Gasteiger partial charge in [0, 0.05) is 0 Å². The van der Waals surface area contributed by atoms with Gasteiger partial charge in [0.05, 0.1) is 0 Å². The smallest absolute Gasteiger partial charge is 0.00671 e. The number of rotatable bonds is 0. The van der Waals surface area contributed by atoms with Gasteiger partial charge in [-0.3, -0.25) is 0 Å². The van der Waals surface area contributed by atoms with Gasteiger partial charge >= 0.3 is 0 Å². The molecular formula is C18H12P2. The minimum atomic E-state index is -0.335. The maximum atomic E-state index is 2.35. The van der Waals surface area contributed by atoms with Crippen LogP contribution in [0.4, 0.5) is 0 Å². The van der Waals surface area contributed by atoms with E-state index in [4.69, 9.17) is 0 Å². The lowest BCUT2D eigenvalue weighted by molar-refractivity contribution is 1.75. The highest BCUT2D eigenvalue weighted by Crippen LogP contribution is 2.49. The van der Waals surface area contributed by atoms with Crippen LogP contribution in [0.2, 0.25) is 0 Å². The summed E-state index contributed by atoms with van der Waals surface area (Å²) in [6.07, 6.45) is 0. The van der Waals surface area contributed by atoms with Crippen LogP contribution in [0.1, 0.15) is 0 Å². The Labute approximate surface area is 121 Å². The van der Waals surface area contributed by atoms with Crippen LogP contribution in [0.25, 0.3) is 0 Å². The van der Waals surface area contributed by atoms with Gasteiger partial charge in [0.1, 0.15) is 0 Å². The predicted octanol–water partition coefficient (Wildman–Crippen LogP) is 1.83. The maximum Gasteiger partial charge on any atom is -0.00671 e. The minimum Gasteiger partial charge on any atom is -0.0616 e. The molecule has 6 rings (SSSR count). The van der Waals surface area contributed by atoms with Gasteiger partial charge < -0.3 is 0 Å². The molecule has 3 heterocycles. The van der Waals surface area contributed by atoms with E-state index in [0.29, 0.717) is 0 Å². The molecule has 0 amide bonds. The third kappa shape index (κ3) is 1.29. The third-order valence-corrected chi connectivity index (χ3v) is 9.85. The Morgan fingerprint density at radius 1 is 0.350 bits per heavy atom. The molecule has 0 saturated heterocycles. The summed E-state index contributed by atoms with van der Waals surface area (Å²) >= 11 is 0. The summed E-state index contributed by atoms with van der Waals surface area (Å²) < 4.78 is 0. The molecule has 20 heavy (non-hydrogen) atoms. The molecule has 0 aliphatic carbocycles. The Bertz CT molecular complexity index is 656. The highest BCUT2D eigenvalue weighted by molar-refractivity contribution is 7.95. The van der Waals surface area contributed by atoms with E-state index < -0.39 is 0 Å². The van der Waals surface area contributed by atoms with Gasteiger partial charge in [-0.1, -0.05) is 72.8 Å². The van der Waals surface area contributed by atoms with Crippen LogP contribution < -0.4 is 31.8 Å². The van der Waals surface area contributed by atoms with Crippen LogP contribution in [0, 0.1) is 0 Å². The van der Waals surface area contributed by atoms with Gasteiger partial charge in [-0.15, -0.1) is 0 Å². The Hall–Kier alpha value is -1.48. The molecule has 0 radical (unpaired) electrons. The van der Waals surface area contributed by atoms with Gasteiger partial charge in [-0.05, 0) is 47.7 Å². The molecule has 2 heteroatoms. The van der Waals surface area contributed by atoms with Crippen LogP contribution in [-0.4, -0.2) is 0 Å². The van der Waals surface area contributed by atoms with Gasteiger partial charge in [-0.2, -0.15) is 0 Å².